The van der Waals surface area contributed by atoms with Crippen LogP contribution in [0.5, 0.6) is 0 Å². The average Bonchev–Trinajstić information content (AvgIpc) is 3.16. The Kier molecular flexibility index (Phi) is 6.19. The zero-order valence-corrected chi connectivity index (χ0v) is 16.3. The van der Waals surface area contributed by atoms with Crippen molar-refractivity contribution in [3.05, 3.63) is 70.9 Å². The van der Waals surface area contributed by atoms with Crippen LogP contribution in [0.1, 0.15) is 48.8 Å². The summed E-state index contributed by atoms with van der Waals surface area (Å²) in [5.41, 5.74) is 3.56. The van der Waals surface area contributed by atoms with Gasteiger partial charge in [0.15, 0.2) is 0 Å². The predicted molar refractivity (Wildman–Crippen MR) is 105 cm³/mol. The average molecular weight is 381 g/mol. The molecular weight excluding hydrogens is 357 g/mol. The Morgan fingerprint density at radius 3 is 2.61 bits per heavy atom. The van der Waals surface area contributed by atoms with Crippen molar-refractivity contribution in [2.75, 3.05) is 0 Å². The van der Waals surface area contributed by atoms with Crippen molar-refractivity contribution in [2.24, 2.45) is 0 Å². The van der Waals surface area contributed by atoms with E-state index < -0.39 is 0 Å². The number of hydrogen-bond acceptors (Lipinski definition) is 4. The molecule has 0 bridgehead atoms. The topological polar surface area (TPSA) is 68.0 Å². The summed E-state index contributed by atoms with van der Waals surface area (Å²) in [5.74, 6) is 1.04. The first kappa shape index (κ1) is 19.7. The summed E-state index contributed by atoms with van der Waals surface area (Å²) in [5, 5.41) is 6.82. The molecule has 0 saturated carbocycles. The predicted octanol–water partition coefficient (Wildman–Crippen LogP) is 4.56. The summed E-state index contributed by atoms with van der Waals surface area (Å²) in [6.07, 6.45) is 0.611. The molecule has 146 valence electrons. The quantitative estimate of drug-likeness (QED) is 0.652. The lowest BCUT2D eigenvalue weighted by Gasteiger charge is -2.06. The maximum atomic E-state index is 13.3. The minimum absolute atomic E-state index is 0.122. The first-order chi connectivity index (χ1) is 13.4. The Labute approximate surface area is 164 Å². The van der Waals surface area contributed by atoms with Crippen molar-refractivity contribution in [2.45, 2.75) is 46.1 Å². The molecule has 1 N–H and O–H groups in total. The fraction of sp³-hybridized carbons (Fsp3) is 0.318. The second-order valence-corrected chi connectivity index (χ2v) is 7.15. The maximum absolute atomic E-state index is 13.3. The molecule has 1 aromatic heterocycles. The normalized spacial score (nSPS) is 11.0. The van der Waals surface area contributed by atoms with Gasteiger partial charge in [-0.1, -0.05) is 55.4 Å². The smallest absolute Gasteiger partial charge is 0.227 e. The molecule has 0 saturated heterocycles. The second-order valence-electron chi connectivity index (χ2n) is 7.15. The summed E-state index contributed by atoms with van der Waals surface area (Å²) in [4.78, 5) is 16.4. The van der Waals surface area contributed by atoms with Crippen molar-refractivity contribution in [3.63, 3.8) is 0 Å². The summed E-state index contributed by atoms with van der Waals surface area (Å²) in [7, 11) is 0. The van der Waals surface area contributed by atoms with Gasteiger partial charge in [-0.25, -0.2) is 4.39 Å². The van der Waals surface area contributed by atoms with E-state index in [1.165, 1.54) is 11.6 Å². The Balaban J connectivity index is 1.50. The summed E-state index contributed by atoms with van der Waals surface area (Å²) in [6, 6.07) is 12.9. The lowest BCUT2D eigenvalue weighted by molar-refractivity contribution is -0.121. The van der Waals surface area contributed by atoms with Crippen molar-refractivity contribution in [3.8, 4) is 11.4 Å². The van der Waals surface area contributed by atoms with Gasteiger partial charge in [0.2, 0.25) is 17.6 Å². The van der Waals surface area contributed by atoms with Crippen LogP contribution in [0.3, 0.4) is 0 Å². The number of aryl methyl sites for hydroxylation is 2. The van der Waals surface area contributed by atoms with E-state index in [0.717, 1.165) is 11.1 Å². The van der Waals surface area contributed by atoms with E-state index in [9.17, 15) is 9.18 Å². The molecule has 3 aromatic rings. The molecule has 0 unspecified atom stereocenters. The van der Waals surface area contributed by atoms with Crippen LogP contribution in [-0.4, -0.2) is 16.0 Å². The van der Waals surface area contributed by atoms with Crippen LogP contribution in [0.4, 0.5) is 4.39 Å². The standard InChI is InChI=1S/C22H24FN3O2/c1-14(2)17-5-7-18(8-6-17)22-25-21(28-26-22)11-10-20(27)24-13-16-4-9-19(23)15(3)12-16/h4-9,12,14H,10-11,13H2,1-3H3,(H,24,27). The van der Waals surface area contributed by atoms with Crippen LogP contribution < -0.4 is 5.32 Å². The van der Waals surface area contributed by atoms with Crippen LogP contribution in [0.15, 0.2) is 47.0 Å². The highest BCUT2D eigenvalue weighted by molar-refractivity contribution is 5.76. The number of rotatable bonds is 7. The molecule has 0 radical (unpaired) electrons. The Bertz CT molecular complexity index is 949. The Hall–Kier alpha value is -3.02. The molecule has 0 atom stereocenters. The van der Waals surface area contributed by atoms with Crippen molar-refractivity contribution >= 4 is 5.91 Å². The van der Waals surface area contributed by atoms with E-state index in [1.54, 1.807) is 19.1 Å². The van der Waals surface area contributed by atoms with Gasteiger partial charge in [0.1, 0.15) is 5.82 Å². The zero-order chi connectivity index (χ0) is 20.1. The third-order valence-corrected chi connectivity index (χ3v) is 4.58. The van der Waals surface area contributed by atoms with Gasteiger partial charge in [-0.15, -0.1) is 0 Å². The molecule has 5 nitrogen and oxygen atoms in total. The lowest BCUT2D eigenvalue weighted by atomic mass is 10.0. The first-order valence-corrected chi connectivity index (χ1v) is 9.37. The van der Waals surface area contributed by atoms with Crippen LogP contribution in [0.2, 0.25) is 0 Å². The van der Waals surface area contributed by atoms with Gasteiger partial charge in [0, 0.05) is 24.9 Å². The van der Waals surface area contributed by atoms with E-state index in [-0.39, 0.29) is 18.1 Å². The fourth-order valence-electron chi connectivity index (χ4n) is 2.82. The van der Waals surface area contributed by atoms with E-state index in [0.29, 0.717) is 36.2 Å². The highest BCUT2D eigenvalue weighted by atomic mass is 19.1. The van der Waals surface area contributed by atoms with Crippen LogP contribution in [-0.2, 0) is 17.8 Å². The van der Waals surface area contributed by atoms with E-state index in [2.05, 4.69) is 41.4 Å². The number of aromatic nitrogens is 2. The van der Waals surface area contributed by atoms with Crippen LogP contribution in [0.25, 0.3) is 11.4 Å². The first-order valence-electron chi connectivity index (χ1n) is 9.37. The number of carbonyl (C=O) groups excluding carboxylic acids is 1. The van der Waals surface area contributed by atoms with Crippen molar-refractivity contribution in [1.82, 2.24) is 15.5 Å². The lowest BCUT2D eigenvalue weighted by Crippen LogP contribution is -2.23. The molecule has 6 heteroatoms. The van der Waals surface area contributed by atoms with E-state index in [4.69, 9.17) is 4.52 Å². The number of nitrogens with one attached hydrogen (secondary N) is 1. The summed E-state index contributed by atoms with van der Waals surface area (Å²) >= 11 is 0. The minimum Gasteiger partial charge on any atom is -0.352 e. The van der Waals surface area contributed by atoms with Gasteiger partial charge in [-0.3, -0.25) is 4.79 Å². The number of carbonyl (C=O) groups is 1. The van der Waals surface area contributed by atoms with Crippen molar-refractivity contribution in [1.29, 1.82) is 0 Å². The third kappa shape index (κ3) is 5.03. The monoisotopic (exact) mass is 381 g/mol. The SMILES string of the molecule is Cc1cc(CNC(=O)CCc2nc(-c3ccc(C(C)C)cc3)no2)ccc1F. The van der Waals surface area contributed by atoms with Gasteiger partial charge in [-0.2, -0.15) is 4.98 Å². The van der Waals surface area contributed by atoms with E-state index in [1.807, 2.05) is 12.1 Å². The maximum Gasteiger partial charge on any atom is 0.227 e. The van der Waals surface area contributed by atoms with Gasteiger partial charge in [0.25, 0.3) is 0 Å². The third-order valence-electron chi connectivity index (χ3n) is 4.58. The fourth-order valence-corrected chi connectivity index (χ4v) is 2.82. The molecule has 28 heavy (non-hydrogen) atoms. The largest absolute Gasteiger partial charge is 0.352 e. The highest BCUT2D eigenvalue weighted by Crippen LogP contribution is 2.20. The number of amides is 1. The summed E-state index contributed by atoms with van der Waals surface area (Å²) in [6.45, 7) is 6.34. The van der Waals surface area contributed by atoms with Gasteiger partial charge in [0.05, 0.1) is 0 Å². The molecule has 3 rings (SSSR count). The molecule has 0 aliphatic rings. The van der Waals surface area contributed by atoms with Crippen molar-refractivity contribution < 1.29 is 13.7 Å². The number of halogens is 1. The van der Waals surface area contributed by atoms with Gasteiger partial charge < -0.3 is 9.84 Å². The van der Waals surface area contributed by atoms with E-state index >= 15 is 0 Å². The number of hydrogen-bond donors (Lipinski definition) is 1. The van der Waals surface area contributed by atoms with Crippen LogP contribution in [0, 0.1) is 12.7 Å². The molecular formula is C22H24FN3O2. The number of benzene rings is 2. The highest BCUT2D eigenvalue weighted by Gasteiger charge is 2.11. The zero-order valence-electron chi connectivity index (χ0n) is 16.3. The Morgan fingerprint density at radius 1 is 1.18 bits per heavy atom. The minimum atomic E-state index is -0.249. The van der Waals surface area contributed by atoms with Crippen LogP contribution >= 0.6 is 0 Å². The Morgan fingerprint density at radius 2 is 1.93 bits per heavy atom. The molecule has 2 aromatic carbocycles. The second kappa shape index (κ2) is 8.78. The number of nitrogens with zero attached hydrogens (tertiary/aromatic N) is 2. The molecule has 1 amide bonds. The molecule has 1 heterocycles. The molecule has 0 fully saturated rings. The van der Waals surface area contributed by atoms with Gasteiger partial charge in [-0.05, 0) is 35.6 Å². The van der Waals surface area contributed by atoms with Gasteiger partial charge >= 0.3 is 0 Å². The summed E-state index contributed by atoms with van der Waals surface area (Å²) < 4.78 is 18.5. The molecule has 0 aliphatic heterocycles. The molecule has 0 spiro atoms. The molecule has 0 aliphatic carbocycles.